The first kappa shape index (κ1) is 18.3. The van der Waals surface area contributed by atoms with Crippen LogP contribution in [0, 0.1) is 18.7 Å². The van der Waals surface area contributed by atoms with E-state index >= 15 is 0 Å². The summed E-state index contributed by atoms with van der Waals surface area (Å²) in [5.41, 5.74) is 2.16. The van der Waals surface area contributed by atoms with Gasteiger partial charge < -0.3 is 9.64 Å². The van der Waals surface area contributed by atoms with E-state index in [4.69, 9.17) is 4.74 Å². The van der Waals surface area contributed by atoms with Crippen molar-refractivity contribution in [3.63, 3.8) is 0 Å². The van der Waals surface area contributed by atoms with E-state index in [0.29, 0.717) is 19.0 Å². The van der Waals surface area contributed by atoms with Gasteiger partial charge in [0.15, 0.2) is 0 Å². The van der Waals surface area contributed by atoms with Crippen molar-refractivity contribution in [2.75, 3.05) is 26.2 Å². The van der Waals surface area contributed by atoms with E-state index in [-0.39, 0.29) is 23.9 Å². The molecule has 0 spiro atoms. The number of likely N-dealkylation sites (tertiary alicyclic amines) is 1. The molecule has 2 aliphatic rings. The number of benzene rings is 1. The van der Waals surface area contributed by atoms with E-state index in [0.717, 1.165) is 38.0 Å². The highest BCUT2D eigenvalue weighted by molar-refractivity contribution is 5.79. The van der Waals surface area contributed by atoms with Crippen LogP contribution in [0.5, 0.6) is 0 Å². The molecule has 3 rings (SSSR count). The number of hydrogen-bond donors (Lipinski definition) is 0. The highest BCUT2D eigenvalue weighted by Crippen LogP contribution is 2.24. The van der Waals surface area contributed by atoms with Gasteiger partial charge in [0, 0.05) is 25.6 Å². The molecule has 1 aromatic rings. The standard InChI is InChI=1S/C20H29FN2O2/c1-14-10-19(21)5-4-18(14)13-22-8-6-17(7-9-22)20(24)23-11-15(2)25-16(3)12-23/h4-5,10,15-17H,6-9,11-13H2,1-3H3/t15-,16-/m1/s1. The van der Waals surface area contributed by atoms with Crippen LogP contribution >= 0.6 is 0 Å². The van der Waals surface area contributed by atoms with Crippen LogP contribution in [-0.4, -0.2) is 54.1 Å². The molecule has 5 heteroatoms. The van der Waals surface area contributed by atoms with Crippen molar-refractivity contribution in [1.82, 2.24) is 9.80 Å². The number of carbonyl (C=O) groups excluding carboxylic acids is 1. The number of nitrogens with zero attached hydrogens (tertiary/aromatic N) is 2. The van der Waals surface area contributed by atoms with Gasteiger partial charge in [-0.1, -0.05) is 6.07 Å². The van der Waals surface area contributed by atoms with Crippen LogP contribution in [0.25, 0.3) is 0 Å². The van der Waals surface area contributed by atoms with E-state index in [9.17, 15) is 9.18 Å². The lowest BCUT2D eigenvalue weighted by atomic mass is 9.94. The molecule has 0 saturated carbocycles. The van der Waals surface area contributed by atoms with Crippen molar-refractivity contribution in [1.29, 1.82) is 0 Å². The second-order valence-corrected chi connectivity index (χ2v) is 7.62. The van der Waals surface area contributed by atoms with Crippen LogP contribution in [-0.2, 0) is 16.1 Å². The quantitative estimate of drug-likeness (QED) is 0.842. The molecule has 1 amide bonds. The number of aryl methyl sites for hydroxylation is 1. The molecule has 2 heterocycles. The molecule has 0 aliphatic carbocycles. The van der Waals surface area contributed by atoms with Crippen molar-refractivity contribution < 1.29 is 13.9 Å². The van der Waals surface area contributed by atoms with Crippen LogP contribution in [0.15, 0.2) is 18.2 Å². The molecular weight excluding hydrogens is 319 g/mol. The summed E-state index contributed by atoms with van der Waals surface area (Å²) in [6.45, 7) is 10.1. The lowest BCUT2D eigenvalue weighted by molar-refractivity contribution is -0.148. The first-order chi connectivity index (χ1) is 11.9. The summed E-state index contributed by atoms with van der Waals surface area (Å²) in [6.07, 6.45) is 2.04. The molecule has 0 unspecified atom stereocenters. The zero-order valence-corrected chi connectivity index (χ0v) is 15.5. The minimum Gasteiger partial charge on any atom is -0.372 e. The molecule has 138 valence electrons. The van der Waals surface area contributed by atoms with E-state index in [2.05, 4.69) is 4.90 Å². The van der Waals surface area contributed by atoms with Crippen molar-refractivity contribution in [2.45, 2.75) is 52.4 Å². The SMILES string of the molecule is Cc1cc(F)ccc1CN1CCC(C(=O)N2C[C@@H](C)O[C@H](C)C2)CC1. The van der Waals surface area contributed by atoms with Crippen molar-refractivity contribution in [3.05, 3.63) is 35.1 Å². The second-order valence-electron chi connectivity index (χ2n) is 7.62. The Labute approximate surface area is 149 Å². The number of rotatable bonds is 3. The highest BCUT2D eigenvalue weighted by Gasteiger charge is 2.32. The molecule has 4 nitrogen and oxygen atoms in total. The third-order valence-corrected chi connectivity index (χ3v) is 5.37. The summed E-state index contributed by atoms with van der Waals surface area (Å²) in [4.78, 5) is 17.2. The normalized spacial score (nSPS) is 26.0. The first-order valence-electron chi connectivity index (χ1n) is 9.34. The van der Waals surface area contributed by atoms with Gasteiger partial charge in [-0.05, 0) is 70.0 Å². The number of carbonyl (C=O) groups is 1. The van der Waals surface area contributed by atoms with Crippen LogP contribution in [0.2, 0.25) is 0 Å². The number of morpholine rings is 1. The molecule has 2 saturated heterocycles. The molecule has 2 atom stereocenters. The molecule has 1 aromatic carbocycles. The maximum absolute atomic E-state index is 13.2. The largest absolute Gasteiger partial charge is 0.372 e. The minimum atomic E-state index is -0.181. The van der Waals surface area contributed by atoms with Crippen LogP contribution in [0.3, 0.4) is 0 Å². The summed E-state index contributed by atoms with van der Waals surface area (Å²) in [7, 11) is 0. The van der Waals surface area contributed by atoms with E-state index in [1.807, 2.05) is 31.7 Å². The lowest BCUT2D eigenvalue weighted by Crippen LogP contribution is -2.51. The molecule has 0 radical (unpaired) electrons. The summed E-state index contributed by atoms with van der Waals surface area (Å²) in [6, 6.07) is 4.99. The topological polar surface area (TPSA) is 32.8 Å². The van der Waals surface area contributed by atoms with Gasteiger partial charge in [0.25, 0.3) is 0 Å². The van der Waals surface area contributed by atoms with Gasteiger partial charge in [-0.25, -0.2) is 4.39 Å². The summed E-state index contributed by atoms with van der Waals surface area (Å²) >= 11 is 0. The molecule has 0 aromatic heterocycles. The Kier molecular flexibility index (Phi) is 5.74. The molecular formula is C20H29FN2O2. The second kappa shape index (κ2) is 7.83. The molecule has 0 N–H and O–H groups in total. The van der Waals surface area contributed by atoms with Crippen molar-refractivity contribution >= 4 is 5.91 Å². The van der Waals surface area contributed by atoms with E-state index < -0.39 is 0 Å². The number of halogens is 1. The van der Waals surface area contributed by atoms with Gasteiger partial charge in [-0.15, -0.1) is 0 Å². The monoisotopic (exact) mass is 348 g/mol. The Bertz CT molecular complexity index is 604. The Morgan fingerprint density at radius 3 is 2.44 bits per heavy atom. The summed E-state index contributed by atoms with van der Waals surface area (Å²) in [5.74, 6) is 0.238. The van der Waals surface area contributed by atoms with Gasteiger partial charge >= 0.3 is 0 Å². The number of amides is 1. The van der Waals surface area contributed by atoms with Crippen LogP contribution in [0.4, 0.5) is 4.39 Å². The van der Waals surface area contributed by atoms with E-state index in [1.54, 1.807) is 6.07 Å². The summed E-state index contributed by atoms with van der Waals surface area (Å²) in [5, 5.41) is 0. The zero-order valence-electron chi connectivity index (χ0n) is 15.5. The number of hydrogen-bond acceptors (Lipinski definition) is 3. The predicted octanol–water partition coefficient (Wildman–Crippen LogP) is 2.98. The average Bonchev–Trinajstić information content (AvgIpc) is 2.56. The summed E-state index contributed by atoms with van der Waals surface area (Å²) < 4.78 is 19.0. The predicted molar refractivity (Wildman–Crippen MR) is 95.7 cm³/mol. The maximum atomic E-state index is 13.2. The van der Waals surface area contributed by atoms with Gasteiger partial charge in [0.2, 0.25) is 5.91 Å². The first-order valence-corrected chi connectivity index (χ1v) is 9.34. The van der Waals surface area contributed by atoms with Gasteiger partial charge in [-0.2, -0.15) is 0 Å². The van der Waals surface area contributed by atoms with E-state index in [1.165, 1.54) is 11.6 Å². The molecule has 0 bridgehead atoms. The fourth-order valence-electron chi connectivity index (χ4n) is 4.03. The van der Waals surface area contributed by atoms with Crippen molar-refractivity contribution in [3.8, 4) is 0 Å². The van der Waals surface area contributed by atoms with Gasteiger partial charge in [0.05, 0.1) is 12.2 Å². The fraction of sp³-hybridized carbons (Fsp3) is 0.650. The third kappa shape index (κ3) is 4.59. The lowest BCUT2D eigenvalue weighted by Gasteiger charge is -2.39. The minimum absolute atomic E-state index is 0.120. The smallest absolute Gasteiger partial charge is 0.225 e. The number of piperidine rings is 1. The Balaban J connectivity index is 1.52. The van der Waals surface area contributed by atoms with Gasteiger partial charge in [-0.3, -0.25) is 9.69 Å². The Morgan fingerprint density at radius 2 is 1.84 bits per heavy atom. The number of ether oxygens (including phenoxy) is 1. The zero-order chi connectivity index (χ0) is 18.0. The Hall–Kier alpha value is -1.46. The van der Waals surface area contributed by atoms with Crippen molar-refractivity contribution in [2.24, 2.45) is 5.92 Å². The van der Waals surface area contributed by atoms with Crippen LogP contribution in [0.1, 0.15) is 37.8 Å². The molecule has 2 fully saturated rings. The maximum Gasteiger partial charge on any atom is 0.225 e. The highest BCUT2D eigenvalue weighted by atomic mass is 19.1. The molecule has 2 aliphatic heterocycles. The third-order valence-electron chi connectivity index (χ3n) is 5.37. The Morgan fingerprint density at radius 1 is 1.20 bits per heavy atom. The van der Waals surface area contributed by atoms with Crippen LogP contribution < -0.4 is 0 Å². The fourth-order valence-corrected chi connectivity index (χ4v) is 4.03. The van der Waals surface area contributed by atoms with Gasteiger partial charge in [0.1, 0.15) is 5.82 Å². The molecule has 25 heavy (non-hydrogen) atoms. The average molecular weight is 348 g/mol.